The van der Waals surface area contributed by atoms with Gasteiger partial charge in [-0.15, -0.1) is 20.4 Å². The fourth-order valence-electron chi connectivity index (χ4n) is 2.28. The van der Waals surface area contributed by atoms with Crippen LogP contribution in [0.4, 0.5) is 5.13 Å². The van der Waals surface area contributed by atoms with E-state index in [4.69, 9.17) is 4.74 Å². The largest absolute Gasteiger partial charge is 0.486 e. The number of nitrogens with zero attached hydrogens (tertiary/aromatic N) is 5. The zero-order valence-corrected chi connectivity index (χ0v) is 17.9. The number of aryl methyl sites for hydroxylation is 3. The molecule has 148 valence electrons. The lowest BCUT2D eigenvalue weighted by atomic mass is 10.1. The molecule has 28 heavy (non-hydrogen) atoms. The van der Waals surface area contributed by atoms with Crippen molar-refractivity contribution >= 4 is 34.1 Å². The Morgan fingerprint density at radius 1 is 1.21 bits per heavy atom. The van der Waals surface area contributed by atoms with Gasteiger partial charge < -0.3 is 9.30 Å². The lowest BCUT2D eigenvalue weighted by Gasteiger charge is -2.08. The Labute approximate surface area is 171 Å². The second kappa shape index (κ2) is 9.16. The summed E-state index contributed by atoms with van der Waals surface area (Å²) in [5.41, 5.74) is 2.40. The van der Waals surface area contributed by atoms with Gasteiger partial charge in [-0.3, -0.25) is 10.1 Å². The zero-order valence-electron chi connectivity index (χ0n) is 16.2. The Balaban J connectivity index is 1.52. The molecule has 2 aromatic heterocycles. The summed E-state index contributed by atoms with van der Waals surface area (Å²) in [6.07, 6.45) is 0.800. The molecule has 0 aliphatic rings. The van der Waals surface area contributed by atoms with Gasteiger partial charge in [0.05, 0.1) is 5.75 Å². The van der Waals surface area contributed by atoms with Crippen molar-refractivity contribution < 1.29 is 9.53 Å². The molecule has 0 spiro atoms. The number of ether oxygens (including phenoxy) is 1. The van der Waals surface area contributed by atoms with Gasteiger partial charge in [0.1, 0.15) is 17.4 Å². The van der Waals surface area contributed by atoms with E-state index >= 15 is 0 Å². The number of aromatic nitrogens is 5. The lowest BCUT2D eigenvalue weighted by Crippen LogP contribution is -2.14. The van der Waals surface area contributed by atoms with Crippen LogP contribution in [-0.4, -0.2) is 36.6 Å². The summed E-state index contributed by atoms with van der Waals surface area (Å²) in [5, 5.41) is 21.1. The molecule has 0 aliphatic heterocycles. The first kappa shape index (κ1) is 20.3. The first-order valence-corrected chi connectivity index (χ1v) is 10.6. The molecule has 1 amide bonds. The molecule has 2 heterocycles. The minimum absolute atomic E-state index is 0.153. The fourth-order valence-corrected chi connectivity index (χ4v) is 3.71. The van der Waals surface area contributed by atoms with Crippen molar-refractivity contribution in [1.82, 2.24) is 25.0 Å². The van der Waals surface area contributed by atoms with E-state index in [1.165, 1.54) is 34.2 Å². The number of thioether (sulfide) groups is 1. The molecule has 3 rings (SSSR count). The van der Waals surface area contributed by atoms with E-state index in [0.29, 0.717) is 22.7 Å². The molecule has 0 saturated carbocycles. The number of hydrogen-bond donors (Lipinski definition) is 1. The molecule has 10 heteroatoms. The van der Waals surface area contributed by atoms with Crippen LogP contribution in [0.2, 0.25) is 0 Å². The van der Waals surface area contributed by atoms with Gasteiger partial charge in [-0.1, -0.05) is 36.1 Å². The Morgan fingerprint density at radius 2 is 2.04 bits per heavy atom. The monoisotopic (exact) mass is 418 g/mol. The van der Waals surface area contributed by atoms with E-state index in [1.54, 1.807) is 0 Å². The molecule has 8 nitrogen and oxygen atoms in total. The summed E-state index contributed by atoms with van der Waals surface area (Å²) < 4.78 is 7.65. The minimum Gasteiger partial charge on any atom is -0.486 e. The Morgan fingerprint density at radius 3 is 2.75 bits per heavy atom. The van der Waals surface area contributed by atoms with Crippen LogP contribution in [0, 0.1) is 13.8 Å². The average molecular weight is 419 g/mol. The number of anilines is 1. The van der Waals surface area contributed by atoms with Crippen LogP contribution in [0.5, 0.6) is 5.75 Å². The summed E-state index contributed by atoms with van der Waals surface area (Å²) in [5.74, 6) is 1.55. The van der Waals surface area contributed by atoms with Gasteiger partial charge in [0.2, 0.25) is 11.0 Å². The molecule has 0 aliphatic carbocycles. The quantitative estimate of drug-likeness (QED) is 0.562. The third-order valence-corrected chi connectivity index (χ3v) is 6.12. The Kier molecular flexibility index (Phi) is 6.63. The summed E-state index contributed by atoms with van der Waals surface area (Å²) >= 11 is 2.70. The lowest BCUT2D eigenvalue weighted by molar-refractivity contribution is -0.113. The first-order chi connectivity index (χ1) is 13.5. The average Bonchev–Trinajstić information content (AvgIpc) is 3.27. The first-order valence-electron chi connectivity index (χ1n) is 8.79. The van der Waals surface area contributed by atoms with Gasteiger partial charge >= 0.3 is 0 Å². The molecular formula is C18H22N6O2S2. The predicted molar refractivity (Wildman–Crippen MR) is 110 cm³/mol. The number of rotatable bonds is 8. The van der Waals surface area contributed by atoms with E-state index in [1.807, 2.05) is 36.7 Å². The minimum atomic E-state index is -0.153. The molecule has 3 aromatic rings. The summed E-state index contributed by atoms with van der Waals surface area (Å²) in [4.78, 5) is 12.1. The van der Waals surface area contributed by atoms with Crippen LogP contribution < -0.4 is 10.1 Å². The molecule has 0 fully saturated rings. The molecular weight excluding hydrogens is 396 g/mol. The summed E-state index contributed by atoms with van der Waals surface area (Å²) in [7, 11) is 1.86. The molecule has 0 atom stereocenters. The van der Waals surface area contributed by atoms with Crippen LogP contribution in [0.1, 0.15) is 28.9 Å². The van der Waals surface area contributed by atoms with Crippen molar-refractivity contribution in [1.29, 1.82) is 0 Å². The van der Waals surface area contributed by atoms with Crippen LogP contribution in [0.15, 0.2) is 23.4 Å². The van der Waals surface area contributed by atoms with Crippen molar-refractivity contribution in [2.75, 3.05) is 11.1 Å². The smallest absolute Gasteiger partial charge is 0.236 e. The van der Waals surface area contributed by atoms with Gasteiger partial charge in [0.15, 0.2) is 11.0 Å². The second-order valence-corrected chi connectivity index (χ2v) is 8.19. The van der Waals surface area contributed by atoms with E-state index in [0.717, 1.165) is 17.2 Å². The van der Waals surface area contributed by atoms with Crippen molar-refractivity contribution in [3.05, 3.63) is 40.2 Å². The molecule has 0 bridgehead atoms. The molecule has 0 radical (unpaired) electrons. The van der Waals surface area contributed by atoms with Crippen LogP contribution >= 0.6 is 23.1 Å². The van der Waals surface area contributed by atoms with Crippen molar-refractivity contribution in [3.63, 3.8) is 0 Å². The summed E-state index contributed by atoms with van der Waals surface area (Å²) in [6, 6.07) is 5.97. The SMILES string of the molecule is CCc1nnc(NC(=O)CSc2nnc(COc3ccc(C)c(C)c3)n2C)s1. The number of carbonyl (C=O) groups is 1. The fraction of sp³-hybridized carbons (Fsp3) is 0.389. The van der Waals surface area contributed by atoms with E-state index in [2.05, 4.69) is 39.6 Å². The van der Waals surface area contributed by atoms with Gasteiger partial charge in [-0.25, -0.2) is 0 Å². The third kappa shape index (κ3) is 5.08. The molecule has 1 aromatic carbocycles. The van der Waals surface area contributed by atoms with Gasteiger partial charge in [-0.05, 0) is 43.5 Å². The Bertz CT molecular complexity index is 969. The number of amides is 1. The molecule has 1 N–H and O–H groups in total. The van der Waals surface area contributed by atoms with E-state index < -0.39 is 0 Å². The van der Waals surface area contributed by atoms with E-state index in [9.17, 15) is 4.79 Å². The van der Waals surface area contributed by atoms with Gasteiger partial charge in [0.25, 0.3) is 0 Å². The van der Waals surface area contributed by atoms with Crippen LogP contribution in [0.25, 0.3) is 0 Å². The zero-order chi connectivity index (χ0) is 20.1. The molecule has 0 unspecified atom stereocenters. The second-order valence-electron chi connectivity index (χ2n) is 6.18. The number of nitrogens with one attached hydrogen (secondary N) is 1. The maximum absolute atomic E-state index is 12.1. The normalized spacial score (nSPS) is 10.9. The number of hydrogen-bond acceptors (Lipinski definition) is 8. The number of carbonyl (C=O) groups excluding carboxylic acids is 1. The topological polar surface area (TPSA) is 94.8 Å². The maximum atomic E-state index is 12.1. The summed E-state index contributed by atoms with van der Waals surface area (Å²) in [6.45, 7) is 6.42. The maximum Gasteiger partial charge on any atom is 0.236 e. The highest BCUT2D eigenvalue weighted by atomic mass is 32.2. The Hall–Kier alpha value is -2.46. The number of benzene rings is 1. The van der Waals surface area contributed by atoms with Crippen LogP contribution in [-0.2, 0) is 24.9 Å². The highest BCUT2D eigenvalue weighted by Crippen LogP contribution is 2.20. The predicted octanol–water partition coefficient (Wildman–Crippen LogP) is 3.16. The highest BCUT2D eigenvalue weighted by molar-refractivity contribution is 7.99. The molecule has 0 saturated heterocycles. The van der Waals surface area contributed by atoms with E-state index in [-0.39, 0.29) is 11.7 Å². The highest BCUT2D eigenvalue weighted by Gasteiger charge is 2.13. The third-order valence-electron chi connectivity index (χ3n) is 4.12. The standard InChI is InChI=1S/C18H22N6O2S2/c1-5-16-21-22-17(28-16)19-15(25)10-27-18-23-20-14(24(18)4)9-26-13-7-6-11(2)12(3)8-13/h6-8H,5,9-10H2,1-4H3,(H,19,22,25). The van der Waals surface area contributed by atoms with Gasteiger partial charge in [-0.2, -0.15) is 0 Å². The van der Waals surface area contributed by atoms with Crippen LogP contribution in [0.3, 0.4) is 0 Å². The van der Waals surface area contributed by atoms with Crippen molar-refractivity contribution in [2.24, 2.45) is 7.05 Å². The van der Waals surface area contributed by atoms with Crippen molar-refractivity contribution in [3.8, 4) is 5.75 Å². The van der Waals surface area contributed by atoms with Crippen molar-refractivity contribution in [2.45, 2.75) is 39.0 Å². The van der Waals surface area contributed by atoms with Gasteiger partial charge in [0, 0.05) is 7.05 Å².